The molecule has 0 spiro atoms. The molecule has 20 heteroatoms. The van der Waals surface area contributed by atoms with E-state index in [4.69, 9.17) is 25.2 Å². The molecular weight excluding hydrogens is 503 g/mol. The third kappa shape index (κ3) is 7.93. The number of hydrogen-bond donors (Lipinski definition) is 7. The van der Waals surface area contributed by atoms with Gasteiger partial charge in [0.25, 0.3) is 5.56 Å². The van der Waals surface area contributed by atoms with Crippen LogP contribution in [0.3, 0.4) is 0 Å². The van der Waals surface area contributed by atoms with Gasteiger partial charge < -0.3 is 35.2 Å². The molecule has 1 aromatic heterocycles. The van der Waals surface area contributed by atoms with E-state index in [1.54, 1.807) is 0 Å². The predicted molar refractivity (Wildman–Crippen MR) is 104 cm³/mol. The highest BCUT2D eigenvalue weighted by Gasteiger charge is 2.43. The Balaban J connectivity index is 2.08. The number of phosphoric acid groups is 3. The van der Waals surface area contributed by atoms with Gasteiger partial charge in [0.15, 0.2) is 0 Å². The second-order valence-electron chi connectivity index (χ2n) is 6.21. The fourth-order valence-corrected chi connectivity index (χ4v) is 5.57. The van der Waals surface area contributed by atoms with Gasteiger partial charge >= 0.3 is 29.2 Å². The Morgan fingerprint density at radius 2 is 1.84 bits per heavy atom. The van der Waals surface area contributed by atoms with Crippen LogP contribution >= 0.6 is 23.5 Å². The van der Waals surface area contributed by atoms with Crippen LogP contribution in [0, 0.1) is 0 Å². The molecule has 1 aliphatic heterocycles. The lowest BCUT2D eigenvalue weighted by molar-refractivity contribution is -0.0450. The summed E-state index contributed by atoms with van der Waals surface area (Å²) in [4.78, 5) is 61.5. The summed E-state index contributed by atoms with van der Waals surface area (Å²) < 4.78 is 51.6. The summed E-state index contributed by atoms with van der Waals surface area (Å²) in [7, 11) is -16.7. The lowest BCUT2D eigenvalue weighted by atomic mass is 10.2. The van der Waals surface area contributed by atoms with E-state index in [9.17, 15) is 33.3 Å². The molecule has 17 nitrogen and oxygen atoms in total. The number of nitrogens with one attached hydrogen (secondary N) is 1. The number of nitrogens with zero attached hydrogens (tertiary/aromatic N) is 1. The maximum Gasteiger partial charge on any atom is 0.490 e. The molecule has 0 aromatic carbocycles. The molecule has 2 rings (SSSR count). The second kappa shape index (κ2) is 10.3. The zero-order valence-electron chi connectivity index (χ0n) is 15.9. The van der Waals surface area contributed by atoms with Crippen molar-refractivity contribution in [3.05, 3.63) is 38.7 Å². The van der Waals surface area contributed by atoms with Crippen LogP contribution in [-0.4, -0.2) is 59.6 Å². The Morgan fingerprint density at radius 1 is 1.19 bits per heavy atom. The number of aliphatic hydroxyl groups excluding tert-OH is 1. The SMILES string of the molecule is NCC=Cc1cn([C@H]2CC(O)[C@@H](COP(=O)(O)OP(=O)(O)OP(=O)(O)O)O2)c(=O)[nH]c1=O. The zero-order chi connectivity index (χ0) is 24.3. The molecule has 0 saturated carbocycles. The van der Waals surface area contributed by atoms with Crippen LogP contribution < -0.4 is 17.0 Å². The molecular formula is C12H20N3O14P3. The number of ether oxygens (including phenoxy) is 1. The standard InChI is InChI=1S/C12H20N3O14P3/c13-3-1-2-7-5-15(12(18)14-11(7)17)10-4-8(16)9(27-10)6-26-31(22,23)29-32(24,25)28-30(19,20)21/h1-2,5,8-10,16H,3-4,6,13H2,(H,22,23)(H,24,25)(H,14,17,18)(H2,19,20,21)/t8?,9-,10-/m1/s1. The summed E-state index contributed by atoms with van der Waals surface area (Å²) in [6.45, 7) is -0.778. The van der Waals surface area contributed by atoms with Crippen molar-refractivity contribution in [3.8, 4) is 0 Å². The Bertz CT molecular complexity index is 1110. The van der Waals surface area contributed by atoms with Crippen molar-refractivity contribution in [1.29, 1.82) is 0 Å². The van der Waals surface area contributed by atoms with Gasteiger partial charge in [0.2, 0.25) is 0 Å². The summed E-state index contributed by atoms with van der Waals surface area (Å²) in [5, 5.41) is 10.1. The Labute approximate surface area is 178 Å². The van der Waals surface area contributed by atoms with Crippen LogP contribution in [0.25, 0.3) is 6.08 Å². The molecule has 32 heavy (non-hydrogen) atoms. The van der Waals surface area contributed by atoms with E-state index in [0.717, 1.165) is 10.8 Å². The van der Waals surface area contributed by atoms with Crippen LogP contribution in [-0.2, 0) is 31.6 Å². The minimum absolute atomic E-state index is 0.0600. The molecule has 1 aromatic rings. The summed E-state index contributed by atoms with van der Waals surface area (Å²) >= 11 is 0. The van der Waals surface area contributed by atoms with Crippen molar-refractivity contribution in [2.24, 2.45) is 5.73 Å². The maximum atomic E-state index is 12.1. The minimum atomic E-state index is -5.70. The molecule has 0 amide bonds. The van der Waals surface area contributed by atoms with Crippen LogP contribution in [0.5, 0.6) is 0 Å². The topological polar surface area (TPSA) is 270 Å². The smallest absolute Gasteiger partial charge is 0.390 e. The average Bonchev–Trinajstić information content (AvgIpc) is 2.97. The van der Waals surface area contributed by atoms with Crippen LogP contribution in [0.2, 0.25) is 0 Å². The largest absolute Gasteiger partial charge is 0.490 e. The highest BCUT2D eigenvalue weighted by Crippen LogP contribution is 2.66. The Hall–Kier alpha value is -1.29. The molecule has 1 aliphatic rings. The van der Waals surface area contributed by atoms with Gasteiger partial charge in [-0.3, -0.25) is 18.9 Å². The number of rotatable bonds is 10. The highest BCUT2D eigenvalue weighted by molar-refractivity contribution is 7.66. The van der Waals surface area contributed by atoms with E-state index in [1.807, 2.05) is 4.98 Å². The van der Waals surface area contributed by atoms with Crippen LogP contribution in [0.1, 0.15) is 18.2 Å². The summed E-state index contributed by atoms with van der Waals surface area (Å²) in [6.07, 6.45) is -0.0802. The van der Waals surface area contributed by atoms with Gasteiger partial charge in [-0.2, -0.15) is 8.62 Å². The van der Waals surface area contributed by atoms with Gasteiger partial charge in [-0.05, 0) is 0 Å². The quantitative estimate of drug-likeness (QED) is 0.172. The number of nitrogens with two attached hydrogens (primary N) is 1. The van der Waals surface area contributed by atoms with E-state index in [-0.39, 0.29) is 18.5 Å². The van der Waals surface area contributed by atoms with Gasteiger partial charge in [0.1, 0.15) is 12.3 Å². The van der Waals surface area contributed by atoms with Gasteiger partial charge in [-0.1, -0.05) is 12.2 Å². The van der Waals surface area contributed by atoms with Crippen molar-refractivity contribution in [3.63, 3.8) is 0 Å². The van der Waals surface area contributed by atoms with E-state index < -0.39 is 59.8 Å². The zero-order valence-corrected chi connectivity index (χ0v) is 18.5. The minimum Gasteiger partial charge on any atom is -0.390 e. The molecule has 2 heterocycles. The highest BCUT2D eigenvalue weighted by atomic mass is 31.3. The van der Waals surface area contributed by atoms with Crippen molar-refractivity contribution < 1.29 is 56.3 Å². The molecule has 0 aliphatic carbocycles. The second-order valence-corrected chi connectivity index (χ2v) is 10.6. The Kier molecular flexibility index (Phi) is 8.70. The molecule has 0 bridgehead atoms. The van der Waals surface area contributed by atoms with Crippen LogP contribution in [0.4, 0.5) is 0 Å². The third-order valence-corrected chi connectivity index (χ3v) is 7.56. The van der Waals surface area contributed by atoms with Crippen molar-refractivity contribution >= 4 is 29.5 Å². The van der Waals surface area contributed by atoms with Crippen molar-refractivity contribution in [1.82, 2.24) is 9.55 Å². The molecule has 182 valence electrons. The molecule has 5 atom stereocenters. The average molecular weight is 523 g/mol. The fourth-order valence-electron chi connectivity index (χ4n) is 2.54. The van der Waals surface area contributed by atoms with Crippen molar-refractivity contribution in [2.45, 2.75) is 24.9 Å². The first-order chi connectivity index (χ1) is 14.6. The van der Waals surface area contributed by atoms with Gasteiger partial charge in [0.05, 0.1) is 18.3 Å². The lowest BCUT2D eigenvalue weighted by Gasteiger charge is -2.19. The monoisotopic (exact) mass is 523 g/mol. The van der Waals surface area contributed by atoms with E-state index in [0.29, 0.717) is 0 Å². The molecule has 1 saturated heterocycles. The van der Waals surface area contributed by atoms with E-state index in [1.165, 1.54) is 12.2 Å². The lowest BCUT2D eigenvalue weighted by Crippen LogP contribution is -2.33. The number of phosphoric ester groups is 1. The Morgan fingerprint density at radius 3 is 2.44 bits per heavy atom. The van der Waals surface area contributed by atoms with E-state index in [2.05, 4.69) is 13.1 Å². The van der Waals surface area contributed by atoms with Gasteiger partial charge in [-0.15, -0.1) is 0 Å². The van der Waals surface area contributed by atoms with Gasteiger partial charge in [-0.25, -0.2) is 18.5 Å². The third-order valence-electron chi connectivity index (χ3n) is 3.76. The first kappa shape index (κ1) is 27.0. The maximum absolute atomic E-state index is 12.1. The summed E-state index contributed by atoms with van der Waals surface area (Å²) in [5.74, 6) is 0. The molecule has 8 N–H and O–H groups in total. The molecule has 3 unspecified atom stereocenters. The summed E-state index contributed by atoms with van der Waals surface area (Å²) in [6, 6.07) is 0. The van der Waals surface area contributed by atoms with Crippen LogP contribution in [0.15, 0.2) is 21.9 Å². The van der Waals surface area contributed by atoms with Crippen molar-refractivity contribution in [2.75, 3.05) is 13.2 Å². The fraction of sp³-hybridized carbons (Fsp3) is 0.500. The normalized spacial score (nSPS) is 25.6. The first-order valence-corrected chi connectivity index (χ1v) is 13.0. The summed E-state index contributed by atoms with van der Waals surface area (Å²) in [5.41, 5.74) is 3.81. The number of aliphatic hydroxyl groups is 1. The number of aromatic nitrogens is 2. The van der Waals surface area contributed by atoms with Gasteiger partial charge in [0, 0.05) is 19.2 Å². The molecule has 1 fully saturated rings. The first-order valence-electron chi connectivity index (χ1n) is 8.46. The van der Waals surface area contributed by atoms with E-state index >= 15 is 0 Å². The number of hydrogen-bond acceptors (Lipinski definition) is 11. The number of aromatic amines is 1. The number of H-pyrrole nitrogens is 1. The molecule has 0 radical (unpaired) electrons. The predicted octanol–water partition coefficient (Wildman–Crippen LogP) is -1.50.